The number of hydrogen-bond acceptors (Lipinski definition) is 2. The average molecular weight is 169 g/mol. The van der Waals surface area contributed by atoms with Gasteiger partial charge >= 0.3 is 0 Å². The lowest BCUT2D eigenvalue weighted by molar-refractivity contribution is 0.622. The van der Waals surface area contributed by atoms with Crippen LogP contribution in [0.25, 0.3) is 0 Å². The van der Waals surface area contributed by atoms with Gasteiger partial charge in [0.1, 0.15) is 0 Å². The van der Waals surface area contributed by atoms with Crippen molar-refractivity contribution in [3.8, 4) is 0 Å². The maximum atomic E-state index is 9.72. The third-order valence-corrected chi connectivity index (χ3v) is 1.86. The lowest BCUT2D eigenvalue weighted by atomic mass is 10.1. The highest BCUT2D eigenvalue weighted by molar-refractivity contribution is 4.76. The molecule has 0 saturated heterocycles. The molecule has 0 aromatic carbocycles. The number of allylic oxidation sites excluding steroid dienone is 2. The van der Waals surface area contributed by atoms with Gasteiger partial charge in [0.2, 0.25) is 0 Å². The van der Waals surface area contributed by atoms with Crippen LogP contribution in [0.1, 0.15) is 45.4 Å². The molecule has 0 aromatic heterocycles. The van der Waals surface area contributed by atoms with Crippen LogP contribution < -0.4 is 0 Å². The van der Waals surface area contributed by atoms with Crippen LogP contribution in [0.5, 0.6) is 0 Å². The molecule has 0 aliphatic heterocycles. The van der Waals surface area contributed by atoms with Crippen molar-refractivity contribution in [2.75, 3.05) is 6.54 Å². The van der Waals surface area contributed by atoms with Crippen molar-refractivity contribution in [3.05, 3.63) is 17.1 Å². The number of nitrogens with zero attached hydrogens (tertiary/aromatic N) is 1. The Morgan fingerprint density at radius 3 is 2.42 bits per heavy atom. The molecule has 0 amide bonds. The van der Waals surface area contributed by atoms with Gasteiger partial charge in [0.15, 0.2) is 0 Å². The topological polar surface area (TPSA) is 29.4 Å². The summed E-state index contributed by atoms with van der Waals surface area (Å²) in [6.07, 6.45) is 11.4. The van der Waals surface area contributed by atoms with Crippen molar-refractivity contribution in [2.45, 2.75) is 45.4 Å². The Balaban J connectivity index is 2.86. The van der Waals surface area contributed by atoms with E-state index in [0.29, 0.717) is 6.54 Å². The zero-order valence-electron chi connectivity index (χ0n) is 7.96. The maximum Gasteiger partial charge on any atom is 0.0811 e. The first-order valence-electron chi connectivity index (χ1n) is 4.82. The molecule has 2 heteroatoms. The quantitative estimate of drug-likeness (QED) is 0.309. The van der Waals surface area contributed by atoms with Crippen molar-refractivity contribution >= 4 is 0 Å². The van der Waals surface area contributed by atoms with Crippen molar-refractivity contribution in [1.82, 2.24) is 0 Å². The van der Waals surface area contributed by atoms with E-state index in [1.807, 2.05) is 0 Å². The van der Waals surface area contributed by atoms with Gasteiger partial charge in [-0.1, -0.05) is 36.6 Å². The fourth-order valence-corrected chi connectivity index (χ4v) is 1.14. The van der Waals surface area contributed by atoms with Crippen LogP contribution in [0.2, 0.25) is 0 Å². The first-order chi connectivity index (χ1) is 5.91. The predicted molar refractivity (Wildman–Crippen MR) is 53.2 cm³/mol. The van der Waals surface area contributed by atoms with Gasteiger partial charge in [0.05, 0.1) is 6.54 Å². The SMILES string of the molecule is C/C=C/CCCCCCCN=O. The van der Waals surface area contributed by atoms with Gasteiger partial charge in [0, 0.05) is 0 Å². The van der Waals surface area contributed by atoms with E-state index >= 15 is 0 Å². The molecule has 12 heavy (non-hydrogen) atoms. The van der Waals surface area contributed by atoms with Gasteiger partial charge in [-0.3, -0.25) is 0 Å². The molecule has 0 spiro atoms. The highest BCUT2D eigenvalue weighted by atomic mass is 16.3. The highest BCUT2D eigenvalue weighted by Gasteiger charge is 1.88. The van der Waals surface area contributed by atoms with E-state index < -0.39 is 0 Å². The van der Waals surface area contributed by atoms with Crippen LogP contribution in [0.15, 0.2) is 17.3 Å². The van der Waals surface area contributed by atoms with E-state index in [9.17, 15) is 4.91 Å². The first-order valence-corrected chi connectivity index (χ1v) is 4.82. The molecule has 0 aromatic rings. The largest absolute Gasteiger partial charge is 0.151 e. The first kappa shape index (κ1) is 11.3. The van der Waals surface area contributed by atoms with E-state index in [1.165, 1.54) is 25.7 Å². The minimum Gasteiger partial charge on any atom is -0.151 e. The molecule has 0 saturated carbocycles. The van der Waals surface area contributed by atoms with Gasteiger partial charge in [0.25, 0.3) is 0 Å². The highest BCUT2D eigenvalue weighted by Crippen LogP contribution is 2.05. The summed E-state index contributed by atoms with van der Waals surface area (Å²) in [5.41, 5.74) is 0. The van der Waals surface area contributed by atoms with E-state index in [1.54, 1.807) is 0 Å². The fraction of sp³-hybridized carbons (Fsp3) is 0.800. The summed E-state index contributed by atoms with van der Waals surface area (Å²) in [6, 6.07) is 0. The second kappa shape index (κ2) is 10.3. The molecule has 0 aliphatic rings. The molecular weight excluding hydrogens is 150 g/mol. The van der Waals surface area contributed by atoms with Crippen LogP contribution >= 0.6 is 0 Å². The number of hydrogen-bond donors (Lipinski definition) is 0. The molecule has 0 unspecified atom stereocenters. The number of rotatable bonds is 8. The molecule has 0 aliphatic carbocycles. The number of nitroso groups, excluding NO2 is 1. The Hall–Kier alpha value is -0.660. The third kappa shape index (κ3) is 9.34. The summed E-state index contributed by atoms with van der Waals surface area (Å²) in [4.78, 5) is 9.72. The molecule has 0 bridgehead atoms. The lowest BCUT2D eigenvalue weighted by Crippen LogP contribution is -1.81. The average Bonchev–Trinajstić information content (AvgIpc) is 2.10. The molecule has 2 nitrogen and oxygen atoms in total. The molecule has 0 fully saturated rings. The summed E-state index contributed by atoms with van der Waals surface area (Å²) in [7, 11) is 0. The van der Waals surface area contributed by atoms with Crippen molar-refractivity contribution in [3.63, 3.8) is 0 Å². The van der Waals surface area contributed by atoms with Crippen molar-refractivity contribution in [1.29, 1.82) is 0 Å². The maximum absolute atomic E-state index is 9.72. The van der Waals surface area contributed by atoms with E-state index in [2.05, 4.69) is 24.3 Å². The van der Waals surface area contributed by atoms with E-state index in [4.69, 9.17) is 0 Å². The number of unbranched alkanes of at least 4 members (excludes halogenated alkanes) is 5. The third-order valence-electron chi connectivity index (χ3n) is 1.86. The molecular formula is C10H19NO. The van der Waals surface area contributed by atoms with Crippen LogP contribution in [-0.4, -0.2) is 6.54 Å². The van der Waals surface area contributed by atoms with Crippen LogP contribution in [0, 0.1) is 4.91 Å². The minimum absolute atomic E-state index is 0.495. The zero-order chi connectivity index (χ0) is 9.07. The van der Waals surface area contributed by atoms with Gasteiger partial charge in [-0.2, -0.15) is 4.91 Å². The normalized spacial score (nSPS) is 10.8. The molecule has 0 rings (SSSR count). The summed E-state index contributed by atoms with van der Waals surface area (Å²) in [6.45, 7) is 2.55. The standard InChI is InChI=1S/C10H19NO/c1-2-3-4-5-6-7-8-9-10-11-12/h2-3H,4-10H2,1H3/b3-2+. The molecule has 0 atom stereocenters. The van der Waals surface area contributed by atoms with Crippen LogP contribution in [0.3, 0.4) is 0 Å². The molecule has 0 radical (unpaired) electrons. The van der Waals surface area contributed by atoms with Gasteiger partial charge in [-0.05, 0) is 26.2 Å². The molecule has 0 heterocycles. The zero-order valence-corrected chi connectivity index (χ0v) is 7.96. The van der Waals surface area contributed by atoms with Crippen LogP contribution in [0.4, 0.5) is 0 Å². The Morgan fingerprint density at radius 1 is 1.08 bits per heavy atom. The predicted octanol–water partition coefficient (Wildman–Crippen LogP) is 3.67. The smallest absolute Gasteiger partial charge is 0.0811 e. The van der Waals surface area contributed by atoms with E-state index in [0.717, 1.165) is 12.8 Å². The second-order valence-electron chi connectivity index (χ2n) is 2.98. The summed E-state index contributed by atoms with van der Waals surface area (Å²) in [5.74, 6) is 0. The Morgan fingerprint density at radius 2 is 1.75 bits per heavy atom. The van der Waals surface area contributed by atoms with Crippen molar-refractivity contribution in [2.24, 2.45) is 5.18 Å². The van der Waals surface area contributed by atoms with Crippen LogP contribution in [-0.2, 0) is 0 Å². The van der Waals surface area contributed by atoms with Gasteiger partial charge < -0.3 is 0 Å². The Bertz CT molecular complexity index is 121. The Labute approximate surface area is 75.0 Å². The molecule has 0 N–H and O–H groups in total. The van der Waals surface area contributed by atoms with Gasteiger partial charge in [-0.25, -0.2) is 0 Å². The fourth-order valence-electron chi connectivity index (χ4n) is 1.14. The summed E-state index contributed by atoms with van der Waals surface area (Å²) < 4.78 is 0. The second-order valence-corrected chi connectivity index (χ2v) is 2.98. The lowest BCUT2D eigenvalue weighted by Gasteiger charge is -1.96. The summed E-state index contributed by atoms with van der Waals surface area (Å²) >= 11 is 0. The summed E-state index contributed by atoms with van der Waals surface area (Å²) in [5, 5.41) is 2.82. The molecule has 70 valence electrons. The monoisotopic (exact) mass is 169 g/mol. The van der Waals surface area contributed by atoms with Crippen molar-refractivity contribution < 1.29 is 0 Å². The Kier molecular flexibility index (Phi) is 9.77. The minimum atomic E-state index is 0.495. The van der Waals surface area contributed by atoms with E-state index in [-0.39, 0.29) is 0 Å². The van der Waals surface area contributed by atoms with Gasteiger partial charge in [-0.15, -0.1) is 0 Å².